The molecule has 0 unspecified atom stereocenters. The third-order valence-corrected chi connectivity index (χ3v) is 4.14. The first-order valence-corrected chi connectivity index (χ1v) is 8.80. The molecule has 0 atom stereocenters. The molecule has 0 aliphatic rings. The van der Waals surface area contributed by atoms with E-state index >= 15 is 0 Å². The van der Waals surface area contributed by atoms with Gasteiger partial charge >= 0.3 is 6.36 Å². The zero-order chi connectivity index (χ0) is 21.2. The summed E-state index contributed by atoms with van der Waals surface area (Å²) in [4.78, 5) is 25.2. The van der Waals surface area contributed by atoms with Crippen molar-refractivity contribution in [2.75, 3.05) is 0 Å². The minimum atomic E-state index is -4.76. The van der Waals surface area contributed by atoms with Crippen LogP contribution in [-0.2, 0) is 6.54 Å². The summed E-state index contributed by atoms with van der Waals surface area (Å²) in [5, 5.41) is 7.71. The van der Waals surface area contributed by atoms with Crippen molar-refractivity contribution in [3.05, 3.63) is 70.1 Å². The molecule has 3 aromatic rings. The van der Waals surface area contributed by atoms with E-state index in [1.54, 1.807) is 38.1 Å². The molecular weight excluding hydrogens is 387 g/mol. The van der Waals surface area contributed by atoms with Gasteiger partial charge in [-0.1, -0.05) is 30.3 Å². The lowest BCUT2D eigenvalue weighted by atomic mass is 10.1. The lowest BCUT2D eigenvalue weighted by Crippen LogP contribution is -2.31. The first-order chi connectivity index (χ1) is 13.7. The normalized spacial score (nSPS) is 11.7. The number of nitrogens with zero attached hydrogens (tertiary/aromatic N) is 2. The van der Waals surface area contributed by atoms with Gasteiger partial charge in [0.2, 0.25) is 0 Å². The molecule has 152 valence electrons. The highest BCUT2D eigenvalue weighted by atomic mass is 19.4. The van der Waals surface area contributed by atoms with Gasteiger partial charge in [0.1, 0.15) is 5.75 Å². The number of carbonyl (C=O) groups is 1. The average Bonchev–Trinajstić information content (AvgIpc) is 2.66. The van der Waals surface area contributed by atoms with Gasteiger partial charge < -0.3 is 10.1 Å². The number of carbonyl (C=O) groups excluding carboxylic acids is 1. The number of fused-ring (bicyclic) bond motifs is 1. The summed E-state index contributed by atoms with van der Waals surface area (Å²) in [5.41, 5.74) is 0.396. The van der Waals surface area contributed by atoms with Crippen LogP contribution < -0.4 is 15.6 Å². The number of amides is 1. The van der Waals surface area contributed by atoms with Crippen molar-refractivity contribution < 1.29 is 22.7 Å². The Labute approximate surface area is 163 Å². The fourth-order valence-corrected chi connectivity index (χ4v) is 2.80. The molecular formula is C20H18F3N3O3. The van der Waals surface area contributed by atoms with Crippen molar-refractivity contribution in [3.63, 3.8) is 0 Å². The van der Waals surface area contributed by atoms with Crippen molar-refractivity contribution in [1.29, 1.82) is 0 Å². The van der Waals surface area contributed by atoms with Gasteiger partial charge in [0.15, 0.2) is 5.69 Å². The van der Waals surface area contributed by atoms with Crippen LogP contribution in [0.5, 0.6) is 5.75 Å². The van der Waals surface area contributed by atoms with E-state index in [0.717, 1.165) is 0 Å². The van der Waals surface area contributed by atoms with Gasteiger partial charge in [-0.2, -0.15) is 5.10 Å². The predicted octanol–water partition coefficient (Wildman–Crippen LogP) is 3.81. The lowest BCUT2D eigenvalue weighted by molar-refractivity contribution is -0.274. The molecule has 6 nitrogen and oxygen atoms in total. The second-order valence-electron chi connectivity index (χ2n) is 6.61. The average molecular weight is 405 g/mol. The van der Waals surface area contributed by atoms with Gasteiger partial charge in [-0.3, -0.25) is 9.59 Å². The van der Waals surface area contributed by atoms with Crippen molar-refractivity contribution >= 4 is 16.7 Å². The Balaban J connectivity index is 1.82. The van der Waals surface area contributed by atoms with Gasteiger partial charge in [-0.25, -0.2) is 4.68 Å². The molecule has 0 saturated carbocycles. The molecule has 3 rings (SSSR count). The van der Waals surface area contributed by atoms with Crippen LogP contribution in [0.1, 0.15) is 35.9 Å². The molecule has 1 amide bonds. The van der Waals surface area contributed by atoms with E-state index < -0.39 is 12.3 Å². The maximum absolute atomic E-state index is 12.7. The number of alkyl halides is 3. The summed E-state index contributed by atoms with van der Waals surface area (Å²) in [7, 11) is 0. The number of hydrogen-bond donors (Lipinski definition) is 1. The van der Waals surface area contributed by atoms with E-state index in [4.69, 9.17) is 0 Å². The Kier molecular flexibility index (Phi) is 5.58. The monoisotopic (exact) mass is 405 g/mol. The van der Waals surface area contributed by atoms with Crippen LogP contribution >= 0.6 is 0 Å². The SMILES string of the molecule is CC(C)n1nc(C(=O)NCc2ccc(OC(F)(F)F)cc2)c2ccccc2c1=O. The van der Waals surface area contributed by atoms with Crippen molar-refractivity contribution in [2.24, 2.45) is 0 Å². The highest BCUT2D eigenvalue weighted by Gasteiger charge is 2.30. The molecule has 1 heterocycles. The first-order valence-electron chi connectivity index (χ1n) is 8.80. The van der Waals surface area contributed by atoms with Gasteiger partial charge in [0, 0.05) is 11.9 Å². The predicted molar refractivity (Wildman–Crippen MR) is 101 cm³/mol. The molecule has 0 aliphatic carbocycles. The number of rotatable bonds is 5. The number of hydrogen-bond acceptors (Lipinski definition) is 4. The molecule has 0 spiro atoms. The number of nitrogens with one attached hydrogen (secondary N) is 1. The van der Waals surface area contributed by atoms with E-state index in [2.05, 4.69) is 15.2 Å². The molecule has 29 heavy (non-hydrogen) atoms. The molecule has 1 aromatic heterocycles. The second kappa shape index (κ2) is 7.94. The van der Waals surface area contributed by atoms with Crippen molar-refractivity contribution in [1.82, 2.24) is 15.1 Å². The Morgan fingerprint density at radius 1 is 1.10 bits per heavy atom. The van der Waals surface area contributed by atoms with Crippen LogP contribution in [0.2, 0.25) is 0 Å². The number of aromatic nitrogens is 2. The fraction of sp³-hybridized carbons (Fsp3) is 0.250. The van der Waals surface area contributed by atoms with Gasteiger partial charge in [-0.15, -0.1) is 13.2 Å². The quantitative estimate of drug-likeness (QED) is 0.701. The number of benzene rings is 2. The highest BCUT2D eigenvalue weighted by Crippen LogP contribution is 2.22. The van der Waals surface area contributed by atoms with Crippen LogP contribution in [0.25, 0.3) is 10.8 Å². The molecule has 0 bridgehead atoms. The second-order valence-corrected chi connectivity index (χ2v) is 6.61. The Bertz CT molecular complexity index is 1090. The van der Waals surface area contributed by atoms with Crippen LogP contribution in [0.4, 0.5) is 13.2 Å². The maximum Gasteiger partial charge on any atom is 0.573 e. The summed E-state index contributed by atoms with van der Waals surface area (Å²) in [6.45, 7) is 3.65. The topological polar surface area (TPSA) is 73.2 Å². The van der Waals surface area contributed by atoms with E-state index in [1.807, 2.05) is 0 Å². The lowest BCUT2D eigenvalue weighted by Gasteiger charge is -2.13. The number of halogens is 3. The van der Waals surface area contributed by atoms with Gasteiger partial charge in [0.25, 0.3) is 11.5 Å². The zero-order valence-electron chi connectivity index (χ0n) is 15.7. The van der Waals surface area contributed by atoms with E-state index in [9.17, 15) is 22.8 Å². The van der Waals surface area contributed by atoms with Crippen LogP contribution in [0, 0.1) is 0 Å². The summed E-state index contributed by atoms with van der Waals surface area (Å²) in [6.07, 6.45) is -4.76. The third-order valence-electron chi connectivity index (χ3n) is 4.14. The van der Waals surface area contributed by atoms with Crippen molar-refractivity contribution in [2.45, 2.75) is 32.8 Å². The molecule has 0 fully saturated rings. The number of ether oxygens (including phenoxy) is 1. The Hall–Kier alpha value is -3.36. The highest BCUT2D eigenvalue weighted by molar-refractivity contribution is 6.04. The Morgan fingerprint density at radius 2 is 1.72 bits per heavy atom. The summed E-state index contributed by atoms with van der Waals surface area (Å²) in [5.74, 6) is -0.838. The third kappa shape index (κ3) is 4.74. The van der Waals surface area contributed by atoms with Crippen molar-refractivity contribution in [3.8, 4) is 5.75 Å². The molecule has 0 radical (unpaired) electrons. The standard InChI is InChI=1S/C20H18F3N3O3/c1-12(2)26-19(28)16-6-4-3-5-15(16)17(25-26)18(27)24-11-13-7-9-14(10-8-13)29-20(21,22)23/h3-10,12H,11H2,1-2H3,(H,24,27). The Morgan fingerprint density at radius 3 is 2.31 bits per heavy atom. The van der Waals surface area contributed by atoms with E-state index in [0.29, 0.717) is 16.3 Å². The molecule has 0 aliphatic heterocycles. The first kappa shape index (κ1) is 20.4. The minimum Gasteiger partial charge on any atom is -0.406 e. The van der Waals surface area contributed by atoms with Crippen LogP contribution in [0.3, 0.4) is 0 Å². The van der Waals surface area contributed by atoms with Crippen LogP contribution in [0.15, 0.2) is 53.3 Å². The minimum absolute atomic E-state index is 0.0714. The zero-order valence-corrected chi connectivity index (χ0v) is 15.7. The summed E-state index contributed by atoms with van der Waals surface area (Å²) in [6, 6.07) is 11.6. The summed E-state index contributed by atoms with van der Waals surface area (Å²) < 4.78 is 41.7. The summed E-state index contributed by atoms with van der Waals surface area (Å²) >= 11 is 0. The van der Waals surface area contributed by atoms with E-state index in [1.165, 1.54) is 28.9 Å². The van der Waals surface area contributed by atoms with Gasteiger partial charge in [0.05, 0.1) is 11.4 Å². The van der Waals surface area contributed by atoms with Gasteiger partial charge in [-0.05, 0) is 37.6 Å². The smallest absolute Gasteiger partial charge is 0.406 e. The molecule has 2 aromatic carbocycles. The van der Waals surface area contributed by atoms with E-state index in [-0.39, 0.29) is 29.6 Å². The molecule has 9 heteroatoms. The maximum atomic E-state index is 12.7. The van der Waals surface area contributed by atoms with Crippen LogP contribution in [-0.4, -0.2) is 22.1 Å². The fourth-order valence-electron chi connectivity index (χ4n) is 2.80. The largest absolute Gasteiger partial charge is 0.573 e. The molecule has 1 N–H and O–H groups in total. The molecule has 0 saturated heterocycles.